The lowest BCUT2D eigenvalue weighted by Gasteiger charge is -2.21. The van der Waals surface area contributed by atoms with Gasteiger partial charge in [-0.3, -0.25) is 9.38 Å². The van der Waals surface area contributed by atoms with Crippen LogP contribution in [0.4, 0.5) is 10.1 Å². The zero-order valence-corrected chi connectivity index (χ0v) is 22.5. The largest absolute Gasteiger partial charge is 0.393 e. The molecule has 12 heteroatoms. The van der Waals surface area contributed by atoms with Gasteiger partial charge in [-0.05, 0) is 69.5 Å². The van der Waals surface area contributed by atoms with Gasteiger partial charge in [-0.15, -0.1) is 22.6 Å². The maximum atomic E-state index is 14.7. The van der Waals surface area contributed by atoms with E-state index in [0.717, 1.165) is 41.0 Å². The average molecular weight is 546 g/mol. The van der Waals surface area contributed by atoms with E-state index in [1.165, 1.54) is 17.8 Å². The number of hydrogen-bond acceptors (Lipinski definition) is 9. The van der Waals surface area contributed by atoms with Gasteiger partial charge in [0, 0.05) is 41.2 Å². The Morgan fingerprint density at radius 2 is 2.11 bits per heavy atom. The quantitative estimate of drug-likeness (QED) is 0.203. The minimum Gasteiger partial charge on any atom is -0.393 e. The third kappa shape index (κ3) is 5.80. The second-order valence-electron chi connectivity index (χ2n) is 8.99. The molecule has 196 valence electrons. The number of fused-ring (bicyclic) bond motifs is 2. The highest BCUT2D eigenvalue weighted by molar-refractivity contribution is 7.99. The normalized spacial score (nSPS) is 16.1. The number of aliphatic hydroxyl groups excluding tert-OH is 1. The molecule has 1 aliphatic heterocycles. The fourth-order valence-electron chi connectivity index (χ4n) is 4.27. The van der Waals surface area contributed by atoms with Crippen molar-refractivity contribution in [1.29, 1.82) is 0 Å². The molecule has 4 aromatic rings. The lowest BCUT2D eigenvalue weighted by atomic mass is 10.2. The van der Waals surface area contributed by atoms with Gasteiger partial charge in [-0.1, -0.05) is 5.16 Å². The van der Waals surface area contributed by atoms with Crippen LogP contribution >= 0.6 is 24.2 Å². The maximum absolute atomic E-state index is 14.7. The van der Waals surface area contributed by atoms with Gasteiger partial charge in [0.15, 0.2) is 11.5 Å². The molecule has 1 N–H and O–H groups in total. The lowest BCUT2D eigenvalue weighted by molar-refractivity contribution is 0.0986. The predicted molar refractivity (Wildman–Crippen MR) is 146 cm³/mol. The van der Waals surface area contributed by atoms with Crippen molar-refractivity contribution in [3.8, 4) is 0 Å². The molecule has 1 saturated heterocycles. The summed E-state index contributed by atoms with van der Waals surface area (Å²) in [6, 6.07) is 10.1. The summed E-state index contributed by atoms with van der Waals surface area (Å²) in [5.41, 5.74) is 3.19. The van der Waals surface area contributed by atoms with Gasteiger partial charge >= 0.3 is 0 Å². The van der Waals surface area contributed by atoms with E-state index in [-0.39, 0.29) is 31.3 Å². The number of hydrogen-bond donors (Lipinski definition) is 1. The Labute approximate surface area is 224 Å². The summed E-state index contributed by atoms with van der Waals surface area (Å²) in [6.45, 7) is 3.64. The Kier molecular flexibility index (Phi) is 8.48. The number of nitrogens with zero attached hydrogens (tertiary/aromatic N) is 7. The highest BCUT2D eigenvalue weighted by Gasteiger charge is 2.24. The molecule has 0 saturated carbocycles. The molecule has 0 aliphatic carbocycles. The van der Waals surface area contributed by atoms with Crippen molar-refractivity contribution < 1.29 is 14.3 Å². The van der Waals surface area contributed by atoms with Crippen LogP contribution in [-0.4, -0.2) is 81.7 Å². The average Bonchev–Trinajstić information content (AvgIpc) is 3.52. The number of aromatic nitrogens is 4. The van der Waals surface area contributed by atoms with Crippen molar-refractivity contribution in [1.82, 2.24) is 24.5 Å². The van der Waals surface area contributed by atoms with Gasteiger partial charge in [0.2, 0.25) is 5.16 Å². The summed E-state index contributed by atoms with van der Waals surface area (Å²) < 4.78 is 16.4. The van der Waals surface area contributed by atoms with E-state index in [9.17, 15) is 4.39 Å². The maximum Gasteiger partial charge on any atom is 0.200 e. The van der Waals surface area contributed by atoms with Gasteiger partial charge in [-0.25, -0.2) is 4.39 Å². The fourth-order valence-corrected chi connectivity index (χ4v) is 5.13. The lowest BCUT2D eigenvalue weighted by Crippen LogP contribution is -2.31. The molecule has 37 heavy (non-hydrogen) atoms. The number of anilines is 1. The number of benzene rings is 1. The van der Waals surface area contributed by atoms with E-state index >= 15 is 0 Å². The minimum atomic E-state index is -0.502. The number of rotatable bonds is 8. The second-order valence-corrected chi connectivity index (χ2v) is 10.0. The molecule has 0 radical (unpaired) electrons. The van der Waals surface area contributed by atoms with Gasteiger partial charge in [-0.2, -0.15) is 0 Å². The van der Waals surface area contributed by atoms with Crippen LogP contribution in [0.15, 0.2) is 57.9 Å². The predicted octanol–water partition coefficient (Wildman–Crippen LogP) is 3.86. The van der Waals surface area contributed by atoms with Crippen LogP contribution in [0, 0.1) is 5.82 Å². The van der Waals surface area contributed by atoms with Crippen molar-refractivity contribution in [2.45, 2.75) is 29.4 Å². The molecule has 9 nitrogen and oxygen atoms in total. The molecule has 3 aromatic heterocycles. The Morgan fingerprint density at radius 3 is 2.86 bits per heavy atom. The van der Waals surface area contributed by atoms with Crippen molar-refractivity contribution in [2.24, 2.45) is 5.16 Å². The summed E-state index contributed by atoms with van der Waals surface area (Å²) in [4.78, 5) is 15.3. The SMILES string of the molecule is CC(=NOCCO)c1cc(F)c2nnc(Sc3ccc4ncc(N5CC[C@H](N(C)C)C5)cc4c3)n2c1.Cl. The third-order valence-corrected chi connectivity index (χ3v) is 7.29. The molecule has 0 spiro atoms. The molecular formula is C25H29ClFN7O2S. The third-order valence-electron chi connectivity index (χ3n) is 6.34. The molecule has 1 fully saturated rings. The van der Waals surface area contributed by atoms with Crippen molar-refractivity contribution in [3.63, 3.8) is 0 Å². The topological polar surface area (TPSA) is 91.4 Å². The molecule has 0 unspecified atom stereocenters. The standard InChI is InChI=1S/C25H28FN7O2S.ClH/c1-16(30-35-9-8-34)18-12-22(26)24-28-29-25(33(24)14-18)36-21-4-5-23-17(11-21)10-20(13-27-23)32-7-6-19(15-32)31(2)3;/h4-5,10-14,19,34H,6-9,15H2,1-3H3;1H/t19-;/m0./s1. The van der Waals surface area contributed by atoms with Gasteiger partial charge in [0.1, 0.15) is 6.61 Å². The van der Waals surface area contributed by atoms with Gasteiger partial charge in [0.05, 0.1) is 29.7 Å². The molecule has 5 rings (SSSR count). The zero-order valence-electron chi connectivity index (χ0n) is 20.8. The van der Waals surface area contributed by atoms with E-state index in [1.54, 1.807) is 17.5 Å². The first-order chi connectivity index (χ1) is 17.4. The van der Waals surface area contributed by atoms with Crippen LogP contribution in [0.5, 0.6) is 0 Å². The van der Waals surface area contributed by atoms with Crippen LogP contribution in [0.2, 0.25) is 0 Å². The molecule has 1 aliphatic rings. The highest BCUT2D eigenvalue weighted by atomic mass is 35.5. The summed E-state index contributed by atoms with van der Waals surface area (Å²) in [7, 11) is 4.25. The first kappa shape index (κ1) is 27.1. The summed E-state index contributed by atoms with van der Waals surface area (Å²) >= 11 is 1.40. The minimum absolute atomic E-state index is 0. The smallest absolute Gasteiger partial charge is 0.200 e. The van der Waals surface area contributed by atoms with Gasteiger partial charge < -0.3 is 19.7 Å². The highest BCUT2D eigenvalue weighted by Crippen LogP contribution is 2.31. The van der Waals surface area contributed by atoms with Crippen molar-refractivity contribution in [3.05, 3.63) is 54.1 Å². The Bertz CT molecular complexity index is 1430. The molecule has 0 bridgehead atoms. The summed E-state index contributed by atoms with van der Waals surface area (Å²) in [5, 5.41) is 22.6. The Balaban J connectivity index is 0.00000320. The van der Waals surface area contributed by atoms with Crippen LogP contribution in [0.25, 0.3) is 16.6 Å². The second kappa shape index (κ2) is 11.6. The number of halogens is 2. The monoisotopic (exact) mass is 545 g/mol. The van der Waals surface area contributed by atoms with Crippen molar-refractivity contribution >= 4 is 52.1 Å². The van der Waals surface area contributed by atoms with Crippen molar-refractivity contribution in [2.75, 3.05) is 45.3 Å². The first-order valence-corrected chi connectivity index (χ1v) is 12.6. The summed E-state index contributed by atoms with van der Waals surface area (Å²) in [5.74, 6) is -0.502. The van der Waals surface area contributed by atoms with Crippen LogP contribution in [0.1, 0.15) is 18.9 Å². The van der Waals surface area contributed by atoms with E-state index in [1.807, 2.05) is 18.3 Å². The Morgan fingerprint density at radius 1 is 1.27 bits per heavy atom. The van der Waals surface area contributed by atoms with E-state index < -0.39 is 5.82 Å². The molecular weight excluding hydrogens is 517 g/mol. The number of aliphatic hydroxyl groups is 1. The molecule has 0 amide bonds. The molecule has 4 heterocycles. The van der Waals surface area contributed by atoms with E-state index in [0.29, 0.717) is 22.5 Å². The Hall–Kier alpha value is -2.99. The molecule has 1 atom stereocenters. The van der Waals surface area contributed by atoms with E-state index in [2.05, 4.69) is 56.4 Å². The summed E-state index contributed by atoms with van der Waals surface area (Å²) in [6.07, 6.45) is 4.81. The van der Waals surface area contributed by atoms with Gasteiger partial charge in [0.25, 0.3) is 0 Å². The number of likely N-dealkylation sites (N-methyl/N-ethyl adjacent to an activating group) is 1. The van der Waals surface area contributed by atoms with E-state index in [4.69, 9.17) is 9.94 Å². The zero-order chi connectivity index (χ0) is 25.2. The molecule has 1 aromatic carbocycles. The van der Waals surface area contributed by atoms with Crippen LogP contribution < -0.4 is 4.90 Å². The fraction of sp³-hybridized carbons (Fsp3) is 0.360. The first-order valence-electron chi connectivity index (χ1n) is 11.7. The van der Waals surface area contributed by atoms with Crippen LogP contribution in [0.3, 0.4) is 0 Å². The number of oxime groups is 1. The number of pyridine rings is 2. The van der Waals surface area contributed by atoms with Crippen LogP contribution in [-0.2, 0) is 4.84 Å².